The maximum atomic E-state index is 13.0. The molecule has 2 N–H and O–H groups in total. The summed E-state index contributed by atoms with van der Waals surface area (Å²) in [5.74, 6) is 0.391. The topological polar surface area (TPSA) is 72.6 Å². The molecule has 2 rings (SSSR count). The molecule has 0 amide bonds. The van der Waals surface area contributed by atoms with Crippen LogP contribution >= 0.6 is 15.9 Å². The van der Waals surface area contributed by atoms with E-state index in [-0.39, 0.29) is 10.9 Å². The fourth-order valence-electron chi connectivity index (χ4n) is 2.61. The molecule has 5 nitrogen and oxygen atoms in total. The summed E-state index contributed by atoms with van der Waals surface area (Å²) in [6.07, 6.45) is 2.70. The molecule has 1 aromatic carbocycles. The molecule has 1 aromatic rings. The third kappa shape index (κ3) is 3.59. The molecular formula is C14H21BrN2O3S. The second kappa shape index (κ2) is 7.09. The van der Waals surface area contributed by atoms with Crippen molar-refractivity contribution in [2.75, 3.05) is 19.7 Å². The lowest BCUT2D eigenvalue weighted by atomic mass is 10.1. The van der Waals surface area contributed by atoms with E-state index in [2.05, 4.69) is 15.9 Å². The number of piperidine rings is 1. The zero-order valence-corrected chi connectivity index (χ0v) is 14.5. The van der Waals surface area contributed by atoms with Crippen LogP contribution in [0.1, 0.15) is 26.2 Å². The van der Waals surface area contributed by atoms with Crippen molar-refractivity contribution < 1.29 is 13.2 Å². The Labute approximate surface area is 134 Å². The Kier molecular flexibility index (Phi) is 5.65. The van der Waals surface area contributed by atoms with Gasteiger partial charge in [0.2, 0.25) is 10.0 Å². The van der Waals surface area contributed by atoms with Gasteiger partial charge in [0, 0.05) is 23.6 Å². The molecule has 0 bridgehead atoms. The van der Waals surface area contributed by atoms with Crippen molar-refractivity contribution in [1.29, 1.82) is 0 Å². The van der Waals surface area contributed by atoms with Crippen molar-refractivity contribution >= 4 is 26.0 Å². The summed E-state index contributed by atoms with van der Waals surface area (Å²) in [7, 11) is -3.60. The molecule has 118 valence electrons. The van der Waals surface area contributed by atoms with Crippen LogP contribution < -0.4 is 10.5 Å². The van der Waals surface area contributed by atoms with Gasteiger partial charge in [-0.1, -0.05) is 22.4 Å². The fraction of sp³-hybridized carbons (Fsp3) is 0.571. The van der Waals surface area contributed by atoms with Gasteiger partial charge in [-0.05, 0) is 38.0 Å². The number of halogens is 1. The van der Waals surface area contributed by atoms with E-state index >= 15 is 0 Å². The van der Waals surface area contributed by atoms with Crippen LogP contribution in [0.15, 0.2) is 27.6 Å². The van der Waals surface area contributed by atoms with Gasteiger partial charge in [0.1, 0.15) is 10.6 Å². The van der Waals surface area contributed by atoms with Crippen LogP contribution in [0.2, 0.25) is 0 Å². The zero-order valence-electron chi connectivity index (χ0n) is 12.1. The summed E-state index contributed by atoms with van der Waals surface area (Å²) in [6, 6.07) is 4.93. The predicted octanol–water partition coefficient (Wildman–Crippen LogP) is 2.35. The van der Waals surface area contributed by atoms with E-state index < -0.39 is 10.0 Å². The Morgan fingerprint density at radius 3 is 2.86 bits per heavy atom. The third-order valence-corrected chi connectivity index (χ3v) is 6.10. The molecule has 0 aliphatic carbocycles. The molecule has 1 heterocycles. The van der Waals surface area contributed by atoms with Crippen molar-refractivity contribution in [2.45, 2.75) is 37.1 Å². The van der Waals surface area contributed by atoms with Gasteiger partial charge >= 0.3 is 0 Å². The summed E-state index contributed by atoms with van der Waals surface area (Å²) >= 11 is 3.33. The highest BCUT2D eigenvalue weighted by Crippen LogP contribution is 2.32. The number of sulfonamides is 1. The summed E-state index contributed by atoms with van der Waals surface area (Å²) in [5.41, 5.74) is 5.75. The number of nitrogens with two attached hydrogens (primary N) is 1. The van der Waals surface area contributed by atoms with Gasteiger partial charge in [-0.3, -0.25) is 0 Å². The molecule has 1 aliphatic rings. The first-order chi connectivity index (χ1) is 10.0. The van der Waals surface area contributed by atoms with Crippen LogP contribution in [0.4, 0.5) is 0 Å². The number of ether oxygens (including phenoxy) is 1. The molecule has 7 heteroatoms. The van der Waals surface area contributed by atoms with E-state index in [1.807, 2.05) is 6.92 Å². The highest BCUT2D eigenvalue weighted by Gasteiger charge is 2.34. The Morgan fingerprint density at radius 2 is 2.19 bits per heavy atom. The maximum absolute atomic E-state index is 13.0. The van der Waals surface area contributed by atoms with Gasteiger partial charge in [0.15, 0.2) is 0 Å². The van der Waals surface area contributed by atoms with Crippen molar-refractivity contribution in [3.05, 3.63) is 22.7 Å². The van der Waals surface area contributed by atoms with Gasteiger partial charge in [-0.2, -0.15) is 4.31 Å². The first-order valence-electron chi connectivity index (χ1n) is 7.15. The smallest absolute Gasteiger partial charge is 0.247 e. The van der Waals surface area contributed by atoms with E-state index in [1.54, 1.807) is 18.2 Å². The molecule has 0 spiro atoms. The van der Waals surface area contributed by atoms with Crippen LogP contribution in [0.5, 0.6) is 5.75 Å². The van der Waals surface area contributed by atoms with E-state index in [0.29, 0.717) is 29.9 Å². The van der Waals surface area contributed by atoms with Crippen LogP contribution in [0, 0.1) is 0 Å². The van der Waals surface area contributed by atoms with Crippen molar-refractivity contribution in [3.8, 4) is 5.75 Å². The molecule has 1 unspecified atom stereocenters. The second-order valence-electron chi connectivity index (χ2n) is 5.03. The molecule has 21 heavy (non-hydrogen) atoms. The number of rotatable bonds is 5. The number of benzene rings is 1. The van der Waals surface area contributed by atoms with Crippen molar-refractivity contribution in [2.24, 2.45) is 5.73 Å². The first kappa shape index (κ1) is 16.7. The van der Waals surface area contributed by atoms with E-state index in [1.165, 1.54) is 4.31 Å². The van der Waals surface area contributed by atoms with Gasteiger partial charge in [-0.25, -0.2) is 8.42 Å². The molecule has 0 aromatic heterocycles. The van der Waals surface area contributed by atoms with Gasteiger partial charge in [-0.15, -0.1) is 0 Å². The average Bonchev–Trinajstić information content (AvgIpc) is 2.49. The zero-order chi connectivity index (χ0) is 15.5. The van der Waals surface area contributed by atoms with Crippen LogP contribution in [-0.2, 0) is 10.0 Å². The normalized spacial score (nSPS) is 20.4. The van der Waals surface area contributed by atoms with E-state index in [0.717, 1.165) is 19.3 Å². The SMILES string of the molecule is CCOc1ccc(Br)cc1S(=O)(=O)N1CCCCC1CN. The van der Waals surface area contributed by atoms with Crippen LogP contribution in [0.3, 0.4) is 0 Å². The quantitative estimate of drug-likeness (QED) is 0.855. The number of nitrogens with zero attached hydrogens (tertiary/aromatic N) is 1. The molecule has 1 aliphatic heterocycles. The minimum atomic E-state index is -3.60. The Bertz CT molecular complexity index is 592. The minimum Gasteiger partial charge on any atom is -0.492 e. The third-order valence-electron chi connectivity index (χ3n) is 3.64. The lowest BCUT2D eigenvalue weighted by Crippen LogP contribution is -2.47. The molecular weight excluding hydrogens is 356 g/mol. The highest BCUT2D eigenvalue weighted by molar-refractivity contribution is 9.10. The van der Waals surface area contributed by atoms with Gasteiger partial charge in [0.05, 0.1) is 6.61 Å². The van der Waals surface area contributed by atoms with Crippen molar-refractivity contribution in [1.82, 2.24) is 4.31 Å². The Hall–Kier alpha value is -0.630. The standard InChI is InChI=1S/C14H21BrN2O3S/c1-2-20-13-7-6-11(15)9-14(13)21(18,19)17-8-4-3-5-12(17)10-16/h6-7,9,12H,2-5,8,10,16H2,1H3. The molecule has 0 radical (unpaired) electrons. The van der Waals surface area contributed by atoms with Gasteiger partial charge < -0.3 is 10.5 Å². The summed E-state index contributed by atoms with van der Waals surface area (Å²) < 4.78 is 33.7. The predicted molar refractivity (Wildman–Crippen MR) is 85.9 cm³/mol. The molecule has 1 fully saturated rings. The first-order valence-corrected chi connectivity index (χ1v) is 9.38. The lowest BCUT2D eigenvalue weighted by Gasteiger charge is -2.34. The molecule has 0 saturated carbocycles. The largest absolute Gasteiger partial charge is 0.492 e. The fourth-order valence-corrected chi connectivity index (χ4v) is 4.99. The minimum absolute atomic E-state index is 0.128. The van der Waals surface area contributed by atoms with Gasteiger partial charge in [0.25, 0.3) is 0 Å². The maximum Gasteiger partial charge on any atom is 0.247 e. The van der Waals surface area contributed by atoms with Crippen LogP contribution in [0.25, 0.3) is 0 Å². The van der Waals surface area contributed by atoms with Crippen LogP contribution in [-0.4, -0.2) is 38.5 Å². The van der Waals surface area contributed by atoms with E-state index in [4.69, 9.17) is 10.5 Å². The Balaban J connectivity index is 2.45. The average molecular weight is 377 g/mol. The Morgan fingerprint density at radius 1 is 1.43 bits per heavy atom. The number of hydrogen-bond donors (Lipinski definition) is 1. The summed E-state index contributed by atoms with van der Waals surface area (Å²) in [4.78, 5) is 0.207. The summed E-state index contributed by atoms with van der Waals surface area (Å²) in [5, 5.41) is 0. The van der Waals surface area contributed by atoms with E-state index in [9.17, 15) is 8.42 Å². The highest BCUT2D eigenvalue weighted by atomic mass is 79.9. The molecule has 1 saturated heterocycles. The monoisotopic (exact) mass is 376 g/mol. The summed E-state index contributed by atoms with van der Waals surface area (Å²) in [6.45, 7) is 3.12. The van der Waals surface area contributed by atoms with Crippen molar-refractivity contribution in [3.63, 3.8) is 0 Å². The second-order valence-corrected chi connectivity index (χ2v) is 7.80. The lowest BCUT2D eigenvalue weighted by molar-refractivity contribution is 0.256. The molecule has 1 atom stereocenters. The number of hydrogen-bond acceptors (Lipinski definition) is 4.